The van der Waals surface area contributed by atoms with E-state index in [2.05, 4.69) is 21.3 Å². The monoisotopic (exact) mass is 266 g/mol. The van der Waals surface area contributed by atoms with Gasteiger partial charge in [-0.25, -0.2) is 4.79 Å². The Bertz CT molecular complexity index is 298. The molecule has 0 aliphatic carbocycles. The van der Waals surface area contributed by atoms with Gasteiger partial charge in [0, 0.05) is 6.54 Å². The molecule has 4 nitrogen and oxygen atoms in total. The minimum atomic E-state index is -4.35. The van der Waals surface area contributed by atoms with Gasteiger partial charge in [-0.1, -0.05) is 19.8 Å². The molecule has 7 heteroatoms. The number of carbonyl (C=O) groups excluding carboxylic acids is 1. The van der Waals surface area contributed by atoms with Crippen LogP contribution in [0.1, 0.15) is 13.8 Å². The largest absolute Gasteiger partial charge is 0.411 e. The zero-order valence-electron chi connectivity index (χ0n) is 10.3. The number of alkyl halides is 3. The molecule has 0 saturated carbocycles. The number of amides is 2. The van der Waals surface area contributed by atoms with E-state index in [1.165, 1.54) is 0 Å². The zero-order chi connectivity index (χ0) is 14.2. The summed E-state index contributed by atoms with van der Waals surface area (Å²) in [6.07, 6.45) is 0.851. The van der Waals surface area contributed by atoms with Gasteiger partial charge in [0.05, 0.1) is 12.6 Å². The second kappa shape index (κ2) is 7.82. The summed E-state index contributed by atoms with van der Waals surface area (Å²) in [6, 6.07) is -0.941. The highest BCUT2D eigenvalue weighted by atomic mass is 19.4. The van der Waals surface area contributed by atoms with Gasteiger partial charge in [0.2, 0.25) is 0 Å². The maximum atomic E-state index is 11.7. The average molecular weight is 266 g/mol. The van der Waals surface area contributed by atoms with Crippen LogP contribution in [0.4, 0.5) is 18.0 Å². The Kier molecular flexibility index (Phi) is 7.20. The van der Waals surface area contributed by atoms with Crippen LogP contribution in [0.2, 0.25) is 0 Å². The highest BCUT2D eigenvalue weighted by Crippen LogP contribution is 2.13. The van der Waals surface area contributed by atoms with Crippen LogP contribution in [0.5, 0.6) is 0 Å². The number of hydrogen-bond donors (Lipinski definition) is 2. The molecular weight excluding hydrogens is 249 g/mol. The fourth-order valence-electron chi connectivity index (χ4n) is 1.02. The Labute approximate surface area is 104 Å². The first kappa shape index (κ1) is 16.6. The molecule has 0 aromatic heterocycles. The third kappa shape index (κ3) is 8.70. The molecule has 0 aromatic rings. The third-order valence-corrected chi connectivity index (χ3v) is 1.93. The molecular formula is C11H17F3N2O2. The van der Waals surface area contributed by atoms with Crippen LogP contribution in [0.25, 0.3) is 0 Å². The van der Waals surface area contributed by atoms with E-state index in [0.29, 0.717) is 0 Å². The first-order valence-electron chi connectivity index (χ1n) is 5.41. The van der Waals surface area contributed by atoms with E-state index in [-0.39, 0.29) is 19.1 Å². The molecule has 1 atom stereocenters. The SMILES string of the molecule is C#CC(NC(=O)NCCOCC(F)(F)F)C(C)C. The lowest BCUT2D eigenvalue weighted by Gasteiger charge is -2.17. The van der Waals surface area contributed by atoms with Crippen molar-refractivity contribution in [3.63, 3.8) is 0 Å². The second-order valence-electron chi connectivity index (χ2n) is 3.96. The van der Waals surface area contributed by atoms with Crippen molar-refractivity contribution in [2.24, 2.45) is 5.92 Å². The van der Waals surface area contributed by atoms with Crippen molar-refractivity contribution in [1.82, 2.24) is 10.6 Å². The second-order valence-corrected chi connectivity index (χ2v) is 3.96. The molecule has 0 fully saturated rings. The summed E-state index contributed by atoms with van der Waals surface area (Å²) in [5.74, 6) is 2.47. The Morgan fingerprint density at radius 2 is 2.06 bits per heavy atom. The van der Waals surface area contributed by atoms with Gasteiger partial charge in [0.15, 0.2) is 0 Å². The number of hydrogen-bond acceptors (Lipinski definition) is 2. The van der Waals surface area contributed by atoms with E-state index in [4.69, 9.17) is 6.42 Å². The minimum absolute atomic E-state index is 0.0166. The Hall–Kier alpha value is -1.42. The minimum Gasteiger partial charge on any atom is -0.370 e. The molecule has 0 rings (SSSR count). The Morgan fingerprint density at radius 3 is 2.50 bits per heavy atom. The molecule has 0 saturated heterocycles. The van der Waals surface area contributed by atoms with Crippen LogP contribution in [0, 0.1) is 18.3 Å². The van der Waals surface area contributed by atoms with Gasteiger partial charge < -0.3 is 15.4 Å². The first-order chi connectivity index (χ1) is 8.26. The summed E-state index contributed by atoms with van der Waals surface area (Å²) in [4.78, 5) is 11.3. The van der Waals surface area contributed by atoms with Gasteiger partial charge >= 0.3 is 12.2 Å². The van der Waals surface area contributed by atoms with Crippen LogP contribution in [0.3, 0.4) is 0 Å². The number of halogens is 3. The lowest BCUT2D eigenvalue weighted by atomic mass is 10.1. The predicted octanol–water partition coefficient (Wildman–Crippen LogP) is 1.52. The standard InChI is InChI=1S/C11H17F3N2O2/c1-4-9(8(2)3)16-10(17)15-5-6-18-7-11(12,13)14/h1,8-9H,5-7H2,2-3H3,(H2,15,16,17). The van der Waals surface area contributed by atoms with Crippen LogP contribution < -0.4 is 10.6 Å². The molecule has 0 bridgehead atoms. The smallest absolute Gasteiger partial charge is 0.370 e. The molecule has 0 spiro atoms. The van der Waals surface area contributed by atoms with Gasteiger partial charge in [-0.2, -0.15) is 13.2 Å². The van der Waals surface area contributed by atoms with Gasteiger partial charge in [-0.05, 0) is 5.92 Å². The average Bonchev–Trinajstić information content (AvgIpc) is 2.23. The number of rotatable bonds is 6. The summed E-state index contributed by atoms with van der Waals surface area (Å²) in [6.45, 7) is 2.14. The van der Waals surface area contributed by atoms with Crippen LogP contribution in [-0.2, 0) is 4.74 Å². The van der Waals surface area contributed by atoms with E-state index in [0.717, 1.165) is 0 Å². The van der Waals surface area contributed by atoms with Crippen molar-refractivity contribution in [1.29, 1.82) is 0 Å². The number of terminal acetylenes is 1. The topological polar surface area (TPSA) is 50.4 Å². The quantitative estimate of drug-likeness (QED) is 0.565. The molecule has 0 aliphatic heterocycles. The number of nitrogens with one attached hydrogen (secondary N) is 2. The van der Waals surface area contributed by atoms with Crippen molar-refractivity contribution >= 4 is 6.03 Å². The molecule has 0 radical (unpaired) electrons. The van der Waals surface area contributed by atoms with E-state index in [1.54, 1.807) is 0 Å². The zero-order valence-corrected chi connectivity index (χ0v) is 10.3. The van der Waals surface area contributed by atoms with Gasteiger partial charge in [-0.15, -0.1) is 6.42 Å². The fourth-order valence-corrected chi connectivity index (χ4v) is 1.02. The highest BCUT2D eigenvalue weighted by Gasteiger charge is 2.27. The van der Waals surface area contributed by atoms with Crippen molar-refractivity contribution < 1.29 is 22.7 Å². The number of urea groups is 1. The number of ether oxygens (including phenoxy) is 1. The van der Waals surface area contributed by atoms with Gasteiger partial charge in [0.1, 0.15) is 6.61 Å². The van der Waals surface area contributed by atoms with Crippen molar-refractivity contribution in [2.75, 3.05) is 19.8 Å². The lowest BCUT2D eigenvalue weighted by molar-refractivity contribution is -0.173. The normalized spacial score (nSPS) is 12.9. The van der Waals surface area contributed by atoms with Crippen LogP contribution in [0.15, 0.2) is 0 Å². The highest BCUT2D eigenvalue weighted by molar-refractivity contribution is 5.74. The maximum Gasteiger partial charge on any atom is 0.411 e. The molecule has 0 aromatic carbocycles. The summed E-state index contributed by atoms with van der Waals surface area (Å²) >= 11 is 0. The maximum absolute atomic E-state index is 11.7. The summed E-state index contributed by atoms with van der Waals surface area (Å²) in [5, 5.41) is 4.86. The lowest BCUT2D eigenvalue weighted by Crippen LogP contribution is -2.44. The molecule has 2 amide bonds. The van der Waals surface area contributed by atoms with E-state index in [9.17, 15) is 18.0 Å². The Morgan fingerprint density at radius 1 is 1.44 bits per heavy atom. The fraction of sp³-hybridized carbons (Fsp3) is 0.727. The van der Waals surface area contributed by atoms with Crippen LogP contribution in [-0.4, -0.2) is 38.0 Å². The van der Waals surface area contributed by atoms with Gasteiger partial charge in [0.25, 0.3) is 0 Å². The van der Waals surface area contributed by atoms with Crippen molar-refractivity contribution in [3.8, 4) is 12.3 Å². The molecule has 1 unspecified atom stereocenters. The molecule has 2 N–H and O–H groups in total. The van der Waals surface area contributed by atoms with E-state index >= 15 is 0 Å². The van der Waals surface area contributed by atoms with Crippen molar-refractivity contribution in [3.05, 3.63) is 0 Å². The third-order valence-electron chi connectivity index (χ3n) is 1.93. The van der Waals surface area contributed by atoms with Crippen LogP contribution >= 0.6 is 0 Å². The molecule has 0 heterocycles. The summed E-state index contributed by atoms with van der Waals surface area (Å²) in [7, 11) is 0. The summed E-state index contributed by atoms with van der Waals surface area (Å²) in [5.41, 5.74) is 0. The van der Waals surface area contributed by atoms with E-state index in [1.807, 2.05) is 13.8 Å². The van der Waals surface area contributed by atoms with Gasteiger partial charge in [-0.3, -0.25) is 0 Å². The molecule has 0 aliphatic rings. The first-order valence-corrected chi connectivity index (χ1v) is 5.41. The molecule has 104 valence electrons. The summed E-state index contributed by atoms with van der Waals surface area (Å²) < 4.78 is 39.4. The number of carbonyl (C=O) groups is 1. The molecule has 18 heavy (non-hydrogen) atoms. The Balaban J connectivity index is 3.69. The van der Waals surface area contributed by atoms with E-state index < -0.39 is 24.9 Å². The predicted molar refractivity (Wildman–Crippen MR) is 60.9 cm³/mol. The van der Waals surface area contributed by atoms with Crippen molar-refractivity contribution in [2.45, 2.75) is 26.1 Å².